The topological polar surface area (TPSA) is 63.2 Å². The molecule has 1 N–H and O–H groups in total. The van der Waals surface area contributed by atoms with E-state index in [0.717, 1.165) is 12.8 Å². The van der Waals surface area contributed by atoms with Gasteiger partial charge in [-0.3, -0.25) is 4.21 Å². The van der Waals surface area contributed by atoms with E-state index in [2.05, 4.69) is 12.2 Å². The van der Waals surface area contributed by atoms with Crippen LogP contribution in [0, 0.1) is 0 Å². The van der Waals surface area contributed by atoms with Crippen molar-refractivity contribution in [3.8, 4) is 0 Å². The van der Waals surface area contributed by atoms with E-state index in [1.807, 2.05) is 7.05 Å². The van der Waals surface area contributed by atoms with Crippen LogP contribution in [0.3, 0.4) is 0 Å². The molecule has 0 aliphatic carbocycles. The molecule has 15 heavy (non-hydrogen) atoms. The van der Waals surface area contributed by atoms with E-state index in [-0.39, 0.29) is 17.5 Å². The Morgan fingerprint density at radius 3 is 2.40 bits per heavy atom. The Morgan fingerprint density at radius 2 is 2.00 bits per heavy atom. The van der Waals surface area contributed by atoms with Crippen LogP contribution in [0.25, 0.3) is 0 Å². The molecule has 0 fully saturated rings. The first kappa shape index (κ1) is 15.1. The lowest BCUT2D eigenvalue weighted by atomic mass is 10.2. The standard InChI is InChI=1S/C9H21NO3S2/c1-4-5-9(10-2)8-14(11)6-7-15(3,12)13/h9-10H,4-8H2,1-3H3. The van der Waals surface area contributed by atoms with Crippen molar-refractivity contribution in [2.75, 3.05) is 30.6 Å². The van der Waals surface area contributed by atoms with Crippen molar-refractivity contribution < 1.29 is 12.6 Å². The molecule has 0 amide bonds. The van der Waals surface area contributed by atoms with Gasteiger partial charge in [-0.15, -0.1) is 0 Å². The van der Waals surface area contributed by atoms with Gasteiger partial charge in [-0.25, -0.2) is 8.42 Å². The first-order valence-corrected chi connectivity index (χ1v) is 8.64. The number of nitrogens with one attached hydrogen (secondary N) is 1. The van der Waals surface area contributed by atoms with Crippen LogP contribution in [0.15, 0.2) is 0 Å². The Balaban J connectivity index is 3.91. The molecule has 0 aliphatic heterocycles. The zero-order valence-electron chi connectivity index (χ0n) is 9.65. The van der Waals surface area contributed by atoms with Gasteiger partial charge in [0.05, 0.1) is 5.75 Å². The minimum absolute atomic E-state index is 0.0160. The Kier molecular flexibility index (Phi) is 7.38. The van der Waals surface area contributed by atoms with Crippen LogP contribution >= 0.6 is 0 Å². The maximum Gasteiger partial charge on any atom is 0.148 e. The molecule has 0 aromatic heterocycles. The van der Waals surface area contributed by atoms with Gasteiger partial charge in [0.2, 0.25) is 0 Å². The van der Waals surface area contributed by atoms with E-state index in [4.69, 9.17) is 0 Å². The Bertz CT molecular complexity index is 288. The third kappa shape index (κ3) is 9.02. The van der Waals surface area contributed by atoms with Gasteiger partial charge in [0.15, 0.2) is 0 Å². The van der Waals surface area contributed by atoms with Gasteiger partial charge in [0, 0.05) is 34.6 Å². The summed E-state index contributed by atoms with van der Waals surface area (Å²) >= 11 is 0. The molecule has 2 unspecified atom stereocenters. The van der Waals surface area contributed by atoms with Crippen molar-refractivity contribution in [3.05, 3.63) is 0 Å². The summed E-state index contributed by atoms with van der Waals surface area (Å²) < 4.78 is 33.3. The van der Waals surface area contributed by atoms with Crippen LogP contribution in [0.1, 0.15) is 19.8 Å². The molecule has 0 aromatic carbocycles. The molecule has 2 atom stereocenters. The highest BCUT2D eigenvalue weighted by atomic mass is 32.2. The Hall–Kier alpha value is 0.0600. The fraction of sp³-hybridized carbons (Fsp3) is 1.00. The third-order valence-corrected chi connectivity index (χ3v) is 4.75. The lowest BCUT2D eigenvalue weighted by Gasteiger charge is -2.14. The van der Waals surface area contributed by atoms with Crippen LogP contribution in [0.5, 0.6) is 0 Å². The smallest absolute Gasteiger partial charge is 0.148 e. The van der Waals surface area contributed by atoms with Crippen LogP contribution in [0.4, 0.5) is 0 Å². The first-order valence-electron chi connectivity index (χ1n) is 5.09. The van der Waals surface area contributed by atoms with E-state index in [1.54, 1.807) is 0 Å². The molecule has 6 heteroatoms. The van der Waals surface area contributed by atoms with Gasteiger partial charge in [-0.1, -0.05) is 13.3 Å². The maximum atomic E-state index is 11.5. The minimum Gasteiger partial charge on any atom is -0.316 e. The number of hydrogen-bond acceptors (Lipinski definition) is 4. The van der Waals surface area contributed by atoms with Crippen molar-refractivity contribution in [2.45, 2.75) is 25.8 Å². The van der Waals surface area contributed by atoms with Gasteiger partial charge in [-0.05, 0) is 13.5 Å². The molecule has 0 saturated heterocycles. The van der Waals surface area contributed by atoms with Gasteiger partial charge in [0.25, 0.3) is 0 Å². The predicted molar refractivity (Wildman–Crippen MR) is 65.3 cm³/mol. The summed E-state index contributed by atoms with van der Waals surface area (Å²) in [4.78, 5) is 0. The molecular weight excluding hydrogens is 234 g/mol. The van der Waals surface area contributed by atoms with Crippen molar-refractivity contribution in [1.29, 1.82) is 0 Å². The lowest BCUT2D eigenvalue weighted by molar-refractivity contribution is 0.557. The average Bonchev–Trinajstić information content (AvgIpc) is 2.13. The Labute approximate surface area is 95.2 Å². The number of rotatable bonds is 8. The average molecular weight is 255 g/mol. The Morgan fingerprint density at radius 1 is 1.40 bits per heavy atom. The minimum atomic E-state index is -2.99. The molecule has 0 spiro atoms. The SMILES string of the molecule is CCCC(CS(=O)CCS(C)(=O)=O)NC. The summed E-state index contributed by atoms with van der Waals surface area (Å²) in [5, 5.41) is 3.09. The summed E-state index contributed by atoms with van der Waals surface area (Å²) in [5.41, 5.74) is 0. The highest BCUT2D eigenvalue weighted by Gasteiger charge is 2.12. The van der Waals surface area contributed by atoms with Gasteiger partial charge < -0.3 is 5.32 Å². The molecule has 0 aliphatic rings. The molecule has 0 bridgehead atoms. The molecule has 0 saturated carbocycles. The number of hydrogen-bond donors (Lipinski definition) is 1. The molecule has 0 rings (SSSR count). The van der Waals surface area contributed by atoms with Crippen LogP contribution < -0.4 is 5.32 Å². The van der Waals surface area contributed by atoms with Crippen molar-refractivity contribution in [3.63, 3.8) is 0 Å². The second-order valence-electron chi connectivity index (χ2n) is 3.71. The molecule has 0 aromatic rings. The summed E-state index contributed by atoms with van der Waals surface area (Å²) in [6, 6.07) is 0.232. The fourth-order valence-electron chi connectivity index (χ4n) is 1.21. The second-order valence-corrected chi connectivity index (χ2v) is 7.60. The van der Waals surface area contributed by atoms with E-state index in [1.165, 1.54) is 6.26 Å². The van der Waals surface area contributed by atoms with E-state index in [0.29, 0.717) is 5.75 Å². The van der Waals surface area contributed by atoms with Crippen LogP contribution in [0.2, 0.25) is 0 Å². The third-order valence-electron chi connectivity index (χ3n) is 2.11. The zero-order valence-corrected chi connectivity index (χ0v) is 11.3. The summed E-state index contributed by atoms with van der Waals surface area (Å²) in [5.74, 6) is 0.808. The predicted octanol–water partition coefficient (Wildman–Crippen LogP) is 0.168. The van der Waals surface area contributed by atoms with E-state index in [9.17, 15) is 12.6 Å². The highest BCUT2D eigenvalue weighted by Crippen LogP contribution is 1.99. The quantitative estimate of drug-likeness (QED) is 0.671. The molecule has 92 valence electrons. The van der Waals surface area contributed by atoms with Crippen molar-refractivity contribution >= 4 is 20.6 Å². The van der Waals surface area contributed by atoms with Gasteiger partial charge in [0.1, 0.15) is 9.84 Å². The van der Waals surface area contributed by atoms with E-state index >= 15 is 0 Å². The van der Waals surface area contributed by atoms with Crippen LogP contribution in [-0.4, -0.2) is 49.2 Å². The van der Waals surface area contributed by atoms with Crippen molar-refractivity contribution in [1.82, 2.24) is 5.32 Å². The maximum absolute atomic E-state index is 11.5. The molecular formula is C9H21NO3S2. The fourth-order valence-corrected chi connectivity index (χ4v) is 4.11. The van der Waals surface area contributed by atoms with Gasteiger partial charge in [-0.2, -0.15) is 0 Å². The summed E-state index contributed by atoms with van der Waals surface area (Å²) in [7, 11) is -2.19. The molecule has 0 heterocycles. The van der Waals surface area contributed by atoms with Crippen LogP contribution in [-0.2, 0) is 20.6 Å². The van der Waals surface area contributed by atoms with Gasteiger partial charge >= 0.3 is 0 Å². The summed E-state index contributed by atoms with van der Waals surface area (Å²) in [6.07, 6.45) is 3.18. The summed E-state index contributed by atoms with van der Waals surface area (Å²) in [6.45, 7) is 2.07. The normalized spacial score (nSPS) is 16.2. The lowest BCUT2D eigenvalue weighted by Crippen LogP contribution is -2.32. The number of sulfone groups is 1. The molecule has 0 radical (unpaired) electrons. The highest BCUT2D eigenvalue weighted by molar-refractivity contribution is 7.92. The first-order chi connectivity index (χ1) is 6.89. The van der Waals surface area contributed by atoms with Crippen molar-refractivity contribution in [2.24, 2.45) is 0 Å². The second kappa shape index (κ2) is 7.35. The van der Waals surface area contributed by atoms with E-state index < -0.39 is 20.6 Å². The monoisotopic (exact) mass is 255 g/mol. The zero-order chi connectivity index (χ0) is 11.9. The molecule has 4 nitrogen and oxygen atoms in total. The largest absolute Gasteiger partial charge is 0.316 e.